The third kappa shape index (κ3) is 8.83. The minimum absolute atomic E-state index is 0.137. The van der Waals surface area contributed by atoms with Gasteiger partial charge in [-0.1, -0.05) is 45.1 Å². The van der Waals surface area contributed by atoms with Gasteiger partial charge < -0.3 is 29.2 Å². The van der Waals surface area contributed by atoms with E-state index in [4.69, 9.17) is 19.3 Å². The molecule has 0 unspecified atom stereocenters. The van der Waals surface area contributed by atoms with E-state index in [0.29, 0.717) is 48.9 Å². The summed E-state index contributed by atoms with van der Waals surface area (Å²) >= 11 is 0. The van der Waals surface area contributed by atoms with E-state index in [1.165, 1.54) is 31.9 Å². The number of aliphatic hydroxyl groups is 2. The predicted octanol–water partition coefficient (Wildman–Crippen LogP) is 5.28. The first-order valence-corrected chi connectivity index (χ1v) is 11.6. The van der Waals surface area contributed by atoms with Crippen molar-refractivity contribution in [2.24, 2.45) is 0 Å². The van der Waals surface area contributed by atoms with Crippen molar-refractivity contribution in [2.45, 2.75) is 64.7 Å². The third-order valence-corrected chi connectivity index (χ3v) is 5.01. The van der Waals surface area contributed by atoms with Crippen LogP contribution in [0.4, 0.5) is 0 Å². The zero-order valence-electron chi connectivity index (χ0n) is 19.0. The maximum absolute atomic E-state index is 10.5. The zero-order valence-corrected chi connectivity index (χ0v) is 19.0. The molecular weight excluding hydrogens is 412 g/mol. The monoisotopic (exact) mass is 448 g/mol. The first-order valence-electron chi connectivity index (χ1n) is 11.6. The van der Waals surface area contributed by atoms with Gasteiger partial charge in [0.2, 0.25) is 0 Å². The summed E-state index contributed by atoms with van der Waals surface area (Å²) in [4.78, 5) is 9.96. The van der Waals surface area contributed by atoms with E-state index < -0.39 is 0 Å². The molecule has 32 heavy (non-hydrogen) atoms. The molecule has 1 aromatic rings. The van der Waals surface area contributed by atoms with Gasteiger partial charge in [0, 0.05) is 6.61 Å². The molecule has 0 fully saturated rings. The van der Waals surface area contributed by atoms with E-state index in [0.717, 1.165) is 19.3 Å². The molecule has 0 aliphatic carbocycles. The van der Waals surface area contributed by atoms with Gasteiger partial charge in [-0.25, -0.2) is 0 Å². The largest absolute Gasteiger partial charge is 0.504 e. The van der Waals surface area contributed by atoms with Crippen LogP contribution in [0.3, 0.4) is 0 Å². The van der Waals surface area contributed by atoms with Gasteiger partial charge in [-0.05, 0) is 37.5 Å². The van der Waals surface area contributed by atoms with Crippen LogP contribution in [-0.2, 0) is 14.3 Å². The van der Waals surface area contributed by atoms with E-state index >= 15 is 0 Å². The lowest BCUT2D eigenvalue weighted by Gasteiger charge is -2.23. The molecule has 2 N–H and O–H groups in total. The molecule has 7 nitrogen and oxygen atoms in total. The Hall–Kier alpha value is -2.67. The fourth-order valence-corrected chi connectivity index (χ4v) is 3.22. The molecule has 7 heteroatoms. The van der Waals surface area contributed by atoms with Crippen molar-refractivity contribution in [2.75, 3.05) is 26.4 Å². The Balaban J connectivity index is 0.000000520. The number of fused-ring (bicyclic) bond motifs is 1. The molecule has 2 aliphatic rings. The maximum Gasteiger partial charge on any atom is 0.314 e. The van der Waals surface area contributed by atoms with E-state index in [1.54, 1.807) is 12.1 Å². The SMILES string of the molecule is CCCCCCCCOC1=C(O)c2cccc(OCCCCO)c2OC1.O=C1CC=CO1. The minimum atomic E-state index is -0.157. The van der Waals surface area contributed by atoms with Gasteiger partial charge in [-0.3, -0.25) is 4.79 Å². The van der Waals surface area contributed by atoms with Crippen LogP contribution >= 0.6 is 0 Å². The Kier molecular flexibility index (Phi) is 12.1. The second-order valence-electron chi connectivity index (χ2n) is 7.65. The molecule has 2 aliphatic heterocycles. The maximum atomic E-state index is 10.5. The number of hydrogen-bond acceptors (Lipinski definition) is 7. The number of esters is 1. The first kappa shape index (κ1) is 25.6. The lowest BCUT2D eigenvalue weighted by atomic mass is 10.1. The highest BCUT2D eigenvalue weighted by atomic mass is 16.6. The van der Waals surface area contributed by atoms with Crippen molar-refractivity contribution in [1.29, 1.82) is 0 Å². The Bertz CT molecular complexity index is 745. The van der Waals surface area contributed by atoms with Gasteiger partial charge in [0.25, 0.3) is 0 Å². The summed E-state index contributed by atoms with van der Waals surface area (Å²) in [7, 11) is 0. The van der Waals surface area contributed by atoms with Gasteiger partial charge in [0.05, 0.1) is 31.5 Å². The van der Waals surface area contributed by atoms with E-state index in [1.807, 2.05) is 12.1 Å². The standard InChI is InChI=1S/C21H32O5.C4H4O2/c1-2-3-4-5-6-8-14-25-19-16-26-21-17(20(19)23)11-10-12-18(21)24-15-9-7-13-22;5-4-2-1-3-6-4/h10-12,22-23H,2-9,13-16H2,1H3;1,3H,2H2. The third-order valence-electron chi connectivity index (χ3n) is 5.01. The average Bonchev–Trinajstić information content (AvgIpc) is 3.29. The lowest BCUT2D eigenvalue weighted by molar-refractivity contribution is -0.135. The number of aliphatic hydroxyl groups excluding tert-OH is 2. The van der Waals surface area contributed by atoms with Crippen LogP contribution in [0.25, 0.3) is 5.76 Å². The van der Waals surface area contributed by atoms with Gasteiger partial charge in [-0.15, -0.1) is 0 Å². The zero-order chi connectivity index (χ0) is 23.0. The summed E-state index contributed by atoms with van der Waals surface area (Å²) in [6.07, 6.45) is 12.2. The Labute approximate surface area is 190 Å². The summed E-state index contributed by atoms with van der Waals surface area (Å²) < 4.78 is 21.6. The van der Waals surface area contributed by atoms with Crippen LogP contribution in [-0.4, -0.2) is 42.6 Å². The number of benzene rings is 1. The normalized spacial score (nSPS) is 14.2. The molecule has 0 amide bonds. The van der Waals surface area contributed by atoms with Crippen molar-refractivity contribution in [1.82, 2.24) is 0 Å². The Morgan fingerprint density at radius 3 is 2.44 bits per heavy atom. The molecule has 3 rings (SSSR count). The van der Waals surface area contributed by atoms with Crippen LogP contribution in [0.1, 0.15) is 70.3 Å². The average molecular weight is 449 g/mol. The molecule has 1 aromatic carbocycles. The summed E-state index contributed by atoms with van der Waals surface area (Å²) in [6.45, 7) is 3.69. The first-order chi connectivity index (χ1) is 15.7. The number of rotatable bonds is 13. The number of unbranched alkanes of at least 4 members (excludes halogenated alkanes) is 6. The van der Waals surface area contributed by atoms with Crippen LogP contribution in [0.2, 0.25) is 0 Å². The minimum Gasteiger partial charge on any atom is -0.504 e. The number of carbonyl (C=O) groups excluding carboxylic acids is 1. The molecule has 0 spiro atoms. The topological polar surface area (TPSA) is 94.5 Å². The van der Waals surface area contributed by atoms with E-state index in [9.17, 15) is 9.90 Å². The number of cyclic esters (lactones) is 1. The van der Waals surface area contributed by atoms with Crippen molar-refractivity contribution in [3.05, 3.63) is 41.9 Å². The highest BCUT2D eigenvalue weighted by molar-refractivity contribution is 5.73. The van der Waals surface area contributed by atoms with Crippen molar-refractivity contribution in [3.8, 4) is 11.5 Å². The molecule has 0 radical (unpaired) electrons. The van der Waals surface area contributed by atoms with Crippen molar-refractivity contribution in [3.63, 3.8) is 0 Å². The second kappa shape index (κ2) is 15.2. The van der Waals surface area contributed by atoms with Crippen LogP contribution in [0.15, 0.2) is 36.3 Å². The molecular formula is C25H36O7. The fraction of sp³-hybridized carbons (Fsp3) is 0.560. The van der Waals surface area contributed by atoms with Crippen molar-refractivity contribution >= 4 is 11.7 Å². The molecule has 0 bridgehead atoms. The van der Waals surface area contributed by atoms with Crippen molar-refractivity contribution < 1.29 is 34.0 Å². The Morgan fingerprint density at radius 1 is 1.00 bits per heavy atom. The van der Waals surface area contributed by atoms with E-state index in [2.05, 4.69) is 11.7 Å². The molecule has 0 saturated heterocycles. The summed E-state index contributed by atoms with van der Waals surface area (Å²) in [6, 6.07) is 5.46. The lowest BCUT2D eigenvalue weighted by Crippen LogP contribution is -2.15. The summed E-state index contributed by atoms with van der Waals surface area (Å²) in [5.74, 6) is 1.64. The van der Waals surface area contributed by atoms with Crippen LogP contribution < -0.4 is 9.47 Å². The van der Waals surface area contributed by atoms with Crippen LogP contribution in [0.5, 0.6) is 11.5 Å². The molecule has 178 valence electrons. The fourth-order valence-electron chi connectivity index (χ4n) is 3.22. The predicted molar refractivity (Wildman–Crippen MR) is 122 cm³/mol. The second-order valence-corrected chi connectivity index (χ2v) is 7.65. The van der Waals surface area contributed by atoms with Gasteiger partial charge in [0.1, 0.15) is 6.61 Å². The quantitative estimate of drug-likeness (QED) is 0.313. The van der Waals surface area contributed by atoms with Gasteiger partial charge >= 0.3 is 5.97 Å². The molecule has 0 aromatic heterocycles. The molecule has 2 heterocycles. The Morgan fingerprint density at radius 2 is 1.75 bits per heavy atom. The number of para-hydroxylation sites is 1. The van der Waals surface area contributed by atoms with Crippen LogP contribution in [0, 0.1) is 0 Å². The number of hydrogen-bond donors (Lipinski definition) is 2. The highest BCUT2D eigenvalue weighted by Crippen LogP contribution is 2.39. The summed E-state index contributed by atoms with van der Waals surface area (Å²) in [5, 5.41) is 19.3. The van der Waals surface area contributed by atoms with Gasteiger partial charge in [-0.2, -0.15) is 0 Å². The summed E-state index contributed by atoms with van der Waals surface area (Å²) in [5.41, 5.74) is 0.605. The van der Waals surface area contributed by atoms with E-state index in [-0.39, 0.29) is 24.9 Å². The smallest absolute Gasteiger partial charge is 0.314 e. The number of ether oxygens (including phenoxy) is 4. The number of carbonyl (C=O) groups is 1. The molecule has 0 saturated carbocycles. The highest BCUT2D eigenvalue weighted by Gasteiger charge is 2.24. The van der Waals surface area contributed by atoms with Gasteiger partial charge in [0.15, 0.2) is 23.0 Å². The molecule has 0 atom stereocenters.